The van der Waals surface area contributed by atoms with Crippen LogP contribution in [-0.4, -0.2) is 27.5 Å². The Morgan fingerprint density at radius 1 is 1.48 bits per heavy atom. The van der Waals surface area contributed by atoms with Crippen molar-refractivity contribution in [1.29, 1.82) is 0 Å². The smallest absolute Gasteiger partial charge is 0.179 e. The monoisotopic (exact) mass is 365 g/mol. The average Bonchev–Trinajstić information content (AvgIpc) is 2.99. The van der Waals surface area contributed by atoms with Gasteiger partial charge in [-0.1, -0.05) is 41.6 Å². The first-order valence-electron chi connectivity index (χ1n) is 7.51. The van der Waals surface area contributed by atoms with Crippen molar-refractivity contribution in [2.24, 2.45) is 4.99 Å². The Morgan fingerprint density at radius 2 is 2.35 bits per heavy atom. The van der Waals surface area contributed by atoms with Crippen LogP contribution in [0.5, 0.6) is 0 Å². The number of aliphatic imine (C=N–C) groups is 1. The Kier molecular flexibility index (Phi) is 7.65. The van der Waals surface area contributed by atoms with Gasteiger partial charge in [-0.05, 0) is 49.7 Å². The Hall–Kier alpha value is -1.30. The minimum Gasteiger partial charge on any atom is -0.332 e. The van der Waals surface area contributed by atoms with Crippen molar-refractivity contribution in [3.63, 3.8) is 0 Å². The van der Waals surface area contributed by atoms with E-state index in [4.69, 9.17) is 23.8 Å². The lowest BCUT2D eigenvalue weighted by molar-refractivity contribution is 0.687. The van der Waals surface area contributed by atoms with Gasteiger partial charge in [-0.2, -0.15) is 0 Å². The van der Waals surface area contributed by atoms with Crippen molar-refractivity contribution >= 4 is 51.5 Å². The van der Waals surface area contributed by atoms with Crippen LogP contribution in [0, 0.1) is 0 Å². The molecule has 0 amide bonds. The summed E-state index contributed by atoms with van der Waals surface area (Å²) in [7, 11) is 0. The molecule has 0 atom stereocenters. The predicted molar refractivity (Wildman–Crippen MR) is 107 cm³/mol. The highest BCUT2D eigenvalue weighted by Gasteiger charge is 2.22. The lowest BCUT2D eigenvalue weighted by Crippen LogP contribution is -2.35. The number of benzene rings is 1. The molecule has 122 valence electrons. The van der Waals surface area contributed by atoms with Gasteiger partial charge in [0.05, 0.1) is 0 Å². The quantitative estimate of drug-likeness (QED) is 0.420. The summed E-state index contributed by atoms with van der Waals surface area (Å²) in [4.78, 5) is 6.55. The molecule has 3 nitrogen and oxygen atoms in total. The van der Waals surface area contributed by atoms with Crippen molar-refractivity contribution < 1.29 is 0 Å². The second-order valence-corrected chi connectivity index (χ2v) is 6.84. The molecule has 1 saturated heterocycles. The zero-order valence-electron chi connectivity index (χ0n) is 12.9. The molecule has 1 aliphatic rings. The van der Waals surface area contributed by atoms with Gasteiger partial charge in [-0.3, -0.25) is 4.90 Å². The largest absolute Gasteiger partial charge is 0.332 e. The van der Waals surface area contributed by atoms with Crippen LogP contribution >= 0.6 is 35.6 Å². The number of allylic oxidation sites excluding steroid dienone is 2. The molecular formula is C17H20ClN3S2. The molecule has 1 fully saturated rings. The number of thioether (sulfide) groups is 1. The molecule has 23 heavy (non-hydrogen) atoms. The lowest BCUT2D eigenvalue weighted by atomic mass is 10.2. The van der Waals surface area contributed by atoms with Crippen molar-refractivity contribution in [3.8, 4) is 0 Å². The average molecular weight is 366 g/mol. The van der Waals surface area contributed by atoms with Gasteiger partial charge in [0.15, 0.2) is 10.3 Å². The van der Waals surface area contributed by atoms with E-state index in [1.54, 1.807) is 11.8 Å². The molecule has 1 heterocycles. The Balaban J connectivity index is 1.92. The van der Waals surface area contributed by atoms with Crippen LogP contribution in [0.15, 0.2) is 54.2 Å². The second kappa shape index (κ2) is 9.75. The number of nitrogens with zero attached hydrogens (tertiary/aromatic N) is 2. The summed E-state index contributed by atoms with van der Waals surface area (Å²) >= 11 is 13.2. The summed E-state index contributed by atoms with van der Waals surface area (Å²) in [6.45, 7) is 4.58. The summed E-state index contributed by atoms with van der Waals surface area (Å²) < 4.78 is 0. The summed E-state index contributed by atoms with van der Waals surface area (Å²) in [6.07, 6.45) is 9.05. The Bertz CT molecular complexity index is 614. The van der Waals surface area contributed by atoms with Gasteiger partial charge in [0.25, 0.3) is 0 Å². The van der Waals surface area contributed by atoms with Crippen LogP contribution in [0.1, 0.15) is 19.3 Å². The molecule has 1 N–H and O–H groups in total. The van der Waals surface area contributed by atoms with Crippen LogP contribution in [0.25, 0.3) is 0 Å². The van der Waals surface area contributed by atoms with Crippen molar-refractivity contribution in [2.75, 3.05) is 17.6 Å². The van der Waals surface area contributed by atoms with Gasteiger partial charge in [0.2, 0.25) is 0 Å². The molecule has 1 aromatic carbocycles. The van der Waals surface area contributed by atoms with Crippen LogP contribution in [0.4, 0.5) is 5.69 Å². The maximum absolute atomic E-state index is 6.00. The molecule has 0 bridgehead atoms. The predicted octanol–water partition coefficient (Wildman–Crippen LogP) is 5.31. The summed E-state index contributed by atoms with van der Waals surface area (Å²) in [5.74, 6) is 0.987. The Morgan fingerprint density at radius 3 is 3.13 bits per heavy atom. The molecule has 0 unspecified atom stereocenters. The number of nitrogens with one attached hydrogen (secondary N) is 1. The van der Waals surface area contributed by atoms with Crippen molar-refractivity contribution in [1.82, 2.24) is 4.90 Å². The molecular weight excluding hydrogens is 346 g/mol. The highest BCUT2D eigenvalue weighted by Crippen LogP contribution is 2.21. The van der Waals surface area contributed by atoms with E-state index in [1.807, 2.05) is 41.4 Å². The Labute approximate surface area is 152 Å². The first kappa shape index (κ1) is 18.0. The first-order valence-corrected chi connectivity index (χ1v) is 9.28. The summed E-state index contributed by atoms with van der Waals surface area (Å²) in [5, 5.41) is 5.49. The first-order chi connectivity index (χ1) is 11.2. The number of rotatable bonds is 6. The van der Waals surface area contributed by atoms with E-state index in [1.165, 1.54) is 0 Å². The van der Waals surface area contributed by atoms with Crippen LogP contribution < -0.4 is 5.32 Å². The molecule has 2 rings (SSSR count). The van der Waals surface area contributed by atoms with E-state index in [-0.39, 0.29) is 0 Å². The van der Waals surface area contributed by atoms with E-state index in [2.05, 4.69) is 23.0 Å². The molecule has 1 aromatic rings. The topological polar surface area (TPSA) is 27.6 Å². The second-order valence-electron chi connectivity index (χ2n) is 4.96. The zero-order chi connectivity index (χ0) is 16.5. The third-order valence-electron chi connectivity index (χ3n) is 3.17. The third-order valence-corrected chi connectivity index (χ3v) is 4.70. The van der Waals surface area contributed by atoms with Gasteiger partial charge in [0, 0.05) is 29.2 Å². The SMILES string of the molecule is C=CCCC/C=C/N=C1SCCN1C(=S)Nc1cccc(Cl)c1. The lowest BCUT2D eigenvalue weighted by Gasteiger charge is -2.19. The minimum atomic E-state index is 0.649. The van der Waals surface area contributed by atoms with E-state index in [0.29, 0.717) is 10.1 Å². The third kappa shape index (κ3) is 6.01. The van der Waals surface area contributed by atoms with Gasteiger partial charge in [-0.25, -0.2) is 4.99 Å². The van der Waals surface area contributed by atoms with E-state index in [0.717, 1.165) is 42.4 Å². The standard InChI is InChI=1S/C17H20ClN3S2/c1-2-3-4-5-6-10-19-17-21(11-12-23-17)16(22)20-15-9-7-8-14(18)13-15/h2,6-10,13H,1,3-5,11-12H2,(H,20,22)/b10-6+,19-17?. The number of unbranched alkanes of at least 4 members (excludes halogenated alkanes) is 2. The molecule has 1 aliphatic heterocycles. The van der Waals surface area contributed by atoms with Crippen LogP contribution in [0.3, 0.4) is 0 Å². The fourth-order valence-corrected chi connectivity index (χ4v) is 3.50. The molecule has 0 radical (unpaired) electrons. The number of thiocarbonyl (C=S) groups is 1. The fraction of sp³-hybridized carbons (Fsp3) is 0.294. The summed E-state index contributed by atoms with van der Waals surface area (Å²) in [5.41, 5.74) is 0.888. The van der Waals surface area contributed by atoms with E-state index < -0.39 is 0 Å². The summed E-state index contributed by atoms with van der Waals surface area (Å²) in [6, 6.07) is 7.53. The normalized spacial score (nSPS) is 16.2. The van der Waals surface area contributed by atoms with Crippen molar-refractivity contribution in [3.05, 3.63) is 54.2 Å². The van der Waals surface area contributed by atoms with Crippen LogP contribution in [-0.2, 0) is 0 Å². The van der Waals surface area contributed by atoms with Gasteiger partial charge in [0.1, 0.15) is 0 Å². The fourth-order valence-electron chi connectivity index (χ4n) is 2.03. The van der Waals surface area contributed by atoms with Gasteiger partial charge < -0.3 is 5.32 Å². The minimum absolute atomic E-state index is 0.649. The maximum atomic E-state index is 6.00. The highest BCUT2D eigenvalue weighted by atomic mass is 35.5. The number of hydrogen-bond acceptors (Lipinski definition) is 3. The maximum Gasteiger partial charge on any atom is 0.179 e. The van der Waals surface area contributed by atoms with Gasteiger partial charge >= 0.3 is 0 Å². The molecule has 0 aromatic heterocycles. The van der Waals surface area contributed by atoms with Crippen LogP contribution in [0.2, 0.25) is 5.02 Å². The number of hydrogen-bond donors (Lipinski definition) is 1. The molecule has 0 aliphatic carbocycles. The van der Waals surface area contributed by atoms with E-state index >= 15 is 0 Å². The highest BCUT2D eigenvalue weighted by molar-refractivity contribution is 8.14. The van der Waals surface area contributed by atoms with Gasteiger partial charge in [-0.15, -0.1) is 6.58 Å². The molecule has 0 spiro atoms. The number of anilines is 1. The number of halogens is 1. The molecule has 6 heteroatoms. The van der Waals surface area contributed by atoms with Crippen molar-refractivity contribution in [2.45, 2.75) is 19.3 Å². The number of amidine groups is 1. The van der Waals surface area contributed by atoms with E-state index in [9.17, 15) is 0 Å². The zero-order valence-corrected chi connectivity index (χ0v) is 15.3. The molecule has 0 saturated carbocycles.